The van der Waals surface area contributed by atoms with E-state index in [1.165, 1.54) is 0 Å². The molecule has 5 nitrogen and oxygen atoms in total. The Morgan fingerprint density at radius 3 is 2.55 bits per heavy atom. The van der Waals surface area contributed by atoms with Gasteiger partial charge in [0.25, 0.3) is 5.91 Å². The van der Waals surface area contributed by atoms with E-state index in [2.05, 4.69) is 26.1 Å². The van der Waals surface area contributed by atoms with Crippen molar-refractivity contribution in [2.75, 3.05) is 6.54 Å². The van der Waals surface area contributed by atoms with Crippen LogP contribution in [0.1, 0.15) is 33.3 Å². The van der Waals surface area contributed by atoms with Crippen molar-refractivity contribution in [3.63, 3.8) is 0 Å². The van der Waals surface area contributed by atoms with Crippen molar-refractivity contribution in [3.8, 4) is 5.75 Å². The van der Waals surface area contributed by atoms with Crippen molar-refractivity contribution in [1.82, 2.24) is 5.32 Å². The van der Waals surface area contributed by atoms with Gasteiger partial charge in [-0.15, -0.1) is 0 Å². The van der Waals surface area contributed by atoms with Crippen molar-refractivity contribution < 1.29 is 19.4 Å². The number of hydrogen-bond donors (Lipinski definition) is 2. The number of carboxylic acids is 1. The number of amides is 1. The molecule has 0 aliphatic heterocycles. The van der Waals surface area contributed by atoms with Gasteiger partial charge < -0.3 is 15.2 Å². The summed E-state index contributed by atoms with van der Waals surface area (Å²) in [6.07, 6.45) is -0.746. The highest BCUT2D eigenvalue weighted by atomic mass is 16.5. The van der Waals surface area contributed by atoms with Gasteiger partial charge in [0.2, 0.25) is 0 Å². The molecule has 1 amide bonds. The Morgan fingerprint density at radius 1 is 1.35 bits per heavy atom. The Balaban J connectivity index is 2.68. The average Bonchev–Trinajstić information content (AvgIpc) is 2.35. The third-order valence-electron chi connectivity index (χ3n) is 2.80. The number of rotatable bonds is 5. The molecule has 1 rings (SSSR count). The zero-order valence-electron chi connectivity index (χ0n) is 12.3. The minimum absolute atomic E-state index is 0.00578. The van der Waals surface area contributed by atoms with Crippen LogP contribution in [-0.4, -0.2) is 29.6 Å². The molecule has 0 aromatic heterocycles. The predicted molar refractivity (Wildman–Crippen MR) is 75.9 cm³/mol. The zero-order valence-corrected chi connectivity index (χ0v) is 12.3. The first-order chi connectivity index (χ1) is 9.20. The van der Waals surface area contributed by atoms with Crippen LogP contribution in [0, 0.1) is 0 Å². The fourth-order valence-electron chi connectivity index (χ4n) is 1.60. The molecule has 5 heteroatoms. The molecule has 0 saturated carbocycles. The third-order valence-corrected chi connectivity index (χ3v) is 2.80. The summed E-state index contributed by atoms with van der Waals surface area (Å²) in [7, 11) is 0. The highest BCUT2D eigenvalue weighted by molar-refractivity contribution is 5.84. The Morgan fingerprint density at radius 2 is 2.00 bits per heavy atom. The molecule has 0 fully saturated rings. The second-order valence-corrected chi connectivity index (χ2v) is 5.65. The van der Waals surface area contributed by atoms with Crippen LogP contribution >= 0.6 is 0 Å². The molecule has 0 aliphatic rings. The number of benzene rings is 1. The molecule has 0 radical (unpaired) electrons. The number of carboxylic acid groups (broad SMARTS) is 1. The minimum Gasteiger partial charge on any atom is -0.481 e. The van der Waals surface area contributed by atoms with E-state index in [0.29, 0.717) is 5.75 Å². The molecule has 20 heavy (non-hydrogen) atoms. The number of nitrogens with one attached hydrogen (secondary N) is 1. The van der Waals surface area contributed by atoms with E-state index >= 15 is 0 Å². The lowest BCUT2D eigenvalue weighted by Crippen LogP contribution is -2.39. The first kappa shape index (κ1) is 16.0. The van der Waals surface area contributed by atoms with Crippen LogP contribution in [-0.2, 0) is 15.0 Å². The summed E-state index contributed by atoms with van der Waals surface area (Å²) in [5.41, 5.74) is 1.10. The van der Waals surface area contributed by atoms with Crippen LogP contribution in [0.2, 0.25) is 0 Å². The maximum Gasteiger partial charge on any atom is 0.322 e. The van der Waals surface area contributed by atoms with E-state index in [9.17, 15) is 9.59 Å². The molecule has 0 spiro atoms. The van der Waals surface area contributed by atoms with E-state index < -0.39 is 24.5 Å². The summed E-state index contributed by atoms with van der Waals surface area (Å²) >= 11 is 0. The SMILES string of the molecule is CC(Oc1cccc(C(C)(C)C)c1)C(=O)NCC(=O)O. The fourth-order valence-corrected chi connectivity index (χ4v) is 1.60. The van der Waals surface area contributed by atoms with Gasteiger partial charge in [-0.3, -0.25) is 9.59 Å². The second kappa shape index (κ2) is 6.41. The Kier molecular flexibility index (Phi) is 5.13. The highest BCUT2D eigenvalue weighted by Gasteiger charge is 2.17. The largest absolute Gasteiger partial charge is 0.481 e. The van der Waals surface area contributed by atoms with Crippen LogP contribution in [0.3, 0.4) is 0 Å². The molecule has 2 N–H and O–H groups in total. The van der Waals surface area contributed by atoms with Crippen molar-refractivity contribution in [2.24, 2.45) is 0 Å². The lowest BCUT2D eigenvalue weighted by Gasteiger charge is -2.21. The molecule has 0 saturated heterocycles. The van der Waals surface area contributed by atoms with Gasteiger partial charge in [-0.2, -0.15) is 0 Å². The number of carbonyl (C=O) groups is 2. The number of ether oxygens (including phenoxy) is 1. The van der Waals surface area contributed by atoms with E-state index in [0.717, 1.165) is 5.56 Å². The second-order valence-electron chi connectivity index (χ2n) is 5.65. The summed E-state index contributed by atoms with van der Waals surface area (Å²) in [5.74, 6) is -0.941. The first-order valence-electron chi connectivity index (χ1n) is 6.47. The number of carbonyl (C=O) groups excluding carboxylic acids is 1. The van der Waals surface area contributed by atoms with Crippen LogP contribution in [0.5, 0.6) is 5.75 Å². The van der Waals surface area contributed by atoms with Crippen molar-refractivity contribution in [3.05, 3.63) is 29.8 Å². The number of hydrogen-bond acceptors (Lipinski definition) is 3. The maximum atomic E-state index is 11.6. The molecule has 1 unspecified atom stereocenters. The summed E-state index contributed by atoms with van der Waals surface area (Å²) < 4.78 is 5.54. The lowest BCUT2D eigenvalue weighted by atomic mass is 9.87. The van der Waals surface area contributed by atoms with Crippen molar-refractivity contribution >= 4 is 11.9 Å². The Bertz CT molecular complexity index is 491. The number of aliphatic carboxylic acids is 1. The van der Waals surface area contributed by atoms with Gasteiger partial charge in [0, 0.05) is 0 Å². The van der Waals surface area contributed by atoms with E-state index in [4.69, 9.17) is 9.84 Å². The molecule has 1 aromatic rings. The quantitative estimate of drug-likeness (QED) is 0.864. The molecule has 110 valence electrons. The van der Waals surface area contributed by atoms with Crippen LogP contribution < -0.4 is 10.1 Å². The third kappa shape index (κ3) is 4.91. The van der Waals surface area contributed by atoms with Crippen LogP contribution in [0.15, 0.2) is 24.3 Å². The molecule has 1 atom stereocenters. The average molecular weight is 279 g/mol. The summed E-state index contributed by atoms with van der Waals surface area (Å²) in [6.45, 7) is 7.45. The topological polar surface area (TPSA) is 75.6 Å². The van der Waals surface area contributed by atoms with Gasteiger partial charge in [0.15, 0.2) is 6.10 Å². The van der Waals surface area contributed by atoms with Crippen molar-refractivity contribution in [2.45, 2.75) is 39.2 Å². The fraction of sp³-hybridized carbons (Fsp3) is 0.467. The van der Waals surface area contributed by atoms with Gasteiger partial charge in [0.05, 0.1) is 0 Å². The molecule has 1 aromatic carbocycles. The monoisotopic (exact) mass is 279 g/mol. The summed E-state index contributed by atoms with van der Waals surface area (Å²) in [5, 5.41) is 10.8. The van der Waals surface area contributed by atoms with Gasteiger partial charge in [0.1, 0.15) is 12.3 Å². The van der Waals surface area contributed by atoms with Crippen LogP contribution in [0.25, 0.3) is 0 Å². The maximum absolute atomic E-state index is 11.6. The van der Waals surface area contributed by atoms with Gasteiger partial charge in [-0.1, -0.05) is 32.9 Å². The van der Waals surface area contributed by atoms with E-state index in [-0.39, 0.29) is 5.41 Å². The standard InChI is InChI=1S/C15H21NO4/c1-10(14(19)16-9-13(17)18)20-12-7-5-6-11(8-12)15(2,3)4/h5-8,10H,9H2,1-4H3,(H,16,19)(H,17,18). The van der Waals surface area contributed by atoms with Crippen molar-refractivity contribution in [1.29, 1.82) is 0 Å². The predicted octanol–water partition coefficient (Wildman–Crippen LogP) is 1.95. The smallest absolute Gasteiger partial charge is 0.322 e. The molecule has 0 aliphatic carbocycles. The van der Waals surface area contributed by atoms with Crippen LogP contribution in [0.4, 0.5) is 0 Å². The van der Waals surface area contributed by atoms with E-state index in [1.807, 2.05) is 18.2 Å². The Hall–Kier alpha value is -2.04. The molecule has 0 bridgehead atoms. The van der Waals surface area contributed by atoms with Gasteiger partial charge >= 0.3 is 5.97 Å². The minimum atomic E-state index is -1.08. The normalized spacial score (nSPS) is 12.6. The molecular formula is C15H21NO4. The van der Waals surface area contributed by atoms with Gasteiger partial charge in [-0.05, 0) is 30.0 Å². The molecular weight excluding hydrogens is 258 g/mol. The lowest BCUT2D eigenvalue weighted by molar-refractivity contribution is -0.139. The zero-order chi connectivity index (χ0) is 15.3. The highest BCUT2D eigenvalue weighted by Crippen LogP contribution is 2.25. The molecule has 0 heterocycles. The Labute approximate surface area is 118 Å². The van der Waals surface area contributed by atoms with E-state index in [1.54, 1.807) is 13.0 Å². The summed E-state index contributed by atoms with van der Waals surface area (Å²) in [6, 6.07) is 7.54. The van der Waals surface area contributed by atoms with Gasteiger partial charge in [-0.25, -0.2) is 0 Å². The first-order valence-corrected chi connectivity index (χ1v) is 6.47. The summed E-state index contributed by atoms with van der Waals surface area (Å²) in [4.78, 5) is 22.0.